The second-order valence-corrected chi connectivity index (χ2v) is 10.3. The fourth-order valence-electron chi connectivity index (χ4n) is 3.89. The lowest BCUT2D eigenvalue weighted by Crippen LogP contribution is -2.43. The van der Waals surface area contributed by atoms with Crippen LogP contribution in [-0.2, 0) is 11.3 Å². The van der Waals surface area contributed by atoms with Crippen molar-refractivity contribution < 1.29 is 4.79 Å². The number of nitrogens with zero attached hydrogens (tertiary/aromatic N) is 3. The van der Waals surface area contributed by atoms with Crippen LogP contribution in [0.1, 0.15) is 34.1 Å². The molecule has 28 heavy (non-hydrogen) atoms. The number of fused-ring (bicyclic) bond motifs is 1. The summed E-state index contributed by atoms with van der Waals surface area (Å²) in [5.41, 5.74) is 0.624. The van der Waals surface area contributed by atoms with Crippen molar-refractivity contribution in [1.29, 1.82) is 0 Å². The average molecular weight is 466 g/mol. The van der Waals surface area contributed by atoms with Gasteiger partial charge in [0.2, 0.25) is 5.91 Å². The fraction of sp³-hybridized carbons (Fsp3) is 0.571. The number of hydrogen-bond acceptors (Lipinski definition) is 4. The van der Waals surface area contributed by atoms with E-state index >= 15 is 0 Å². The Bertz CT molecular complexity index is 918. The predicted molar refractivity (Wildman–Crippen MR) is 119 cm³/mol. The molecule has 1 aromatic carbocycles. The summed E-state index contributed by atoms with van der Waals surface area (Å²) in [7, 11) is 0. The minimum atomic E-state index is -0.0461. The van der Waals surface area contributed by atoms with Crippen LogP contribution in [0.2, 0.25) is 0 Å². The van der Waals surface area contributed by atoms with Gasteiger partial charge in [0.25, 0.3) is 5.56 Å². The highest BCUT2D eigenvalue weighted by atomic mass is 79.9. The summed E-state index contributed by atoms with van der Waals surface area (Å²) >= 11 is 4.81. The van der Waals surface area contributed by atoms with Gasteiger partial charge in [-0.1, -0.05) is 55.4 Å². The van der Waals surface area contributed by atoms with Crippen LogP contribution in [0.15, 0.2) is 32.6 Å². The van der Waals surface area contributed by atoms with Crippen LogP contribution in [0.4, 0.5) is 0 Å². The Morgan fingerprint density at radius 2 is 1.96 bits per heavy atom. The zero-order valence-electron chi connectivity index (χ0n) is 16.9. The second-order valence-electron chi connectivity index (χ2n) is 8.40. The molecule has 1 aliphatic rings. The van der Waals surface area contributed by atoms with Gasteiger partial charge in [0.15, 0.2) is 5.16 Å². The zero-order chi connectivity index (χ0) is 20.4. The Kier molecular flexibility index (Phi) is 6.86. The Labute approximate surface area is 179 Å². The number of rotatable bonds is 5. The van der Waals surface area contributed by atoms with Gasteiger partial charge in [-0.3, -0.25) is 14.2 Å². The van der Waals surface area contributed by atoms with Gasteiger partial charge in [0.05, 0.1) is 16.7 Å². The Morgan fingerprint density at radius 1 is 1.29 bits per heavy atom. The number of aromatic nitrogens is 2. The van der Waals surface area contributed by atoms with E-state index in [1.165, 1.54) is 18.2 Å². The molecule has 7 heteroatoms. The third-order valence-electron chi connectivity index (χ3n) is 4.98. The van der Waals surface area contributed by atoms with Gasteiger partial charge in [0.1, 0.15) is 0 Å². The number of amides is 1. The topological polar surface area (TPSA) is 55.2 Å². The normalized spacial score (nSPS) is 20.1. The molecule has 2 aromatic rings. The average Bonchev–Trinajstić information content (AvgIpc) is 2.62. The molecule has 0 spiro atoms. The van der Waals surface area contributed by atoms with Crippen molar-refractivity contribution in [2.75, 3.05) is 18.8 Å². The first-order valence-corrected chi connectivity index (χ1v) is 11.6. The van der Waals surface area contributed by atoms with E-state index < -0.39 is 0 Å². The number of carbonyl (C=O) groups is 1. The summed E-state index contributed by atoms with van der Waals surface area (Å²) in [5, 5.41) is 1.23. The molecule has 0 radical (unpaired) electrons. The first-order valence-electron chi connectivity index (χ1n) is 9.85. The van der Waals surface area contributed by atoms with E-state index in [9.17, 15) is 9.59 Å². The summed E-state index contributed by atoms with van der Waals surface area (Å²) in [6, 6.07) is 5.55. The molecule has 1 aromatic heterocycles. The van der Waals surface area contributed by atoms with E-state index in [2.05, 4.69) is 43.6 Å². The third kappa shape index (κ3) is 4.98. The highest BCUT2D eigenvalue weighted by molar-refractivity contribution is 9.10. The van der Waals surface area contributed by atoms with Crippen LogP contribution in [0, 0.1) is 17.8 Å². The number of thioether (sulfide) groups is 1. The number of benzene rings is 1. The molecular formula is C21H28BrN3O2S. The van der Waals surface area contributed by atoms with E-state index in [1.54, 1.807) is 4.57 Å². The Balaban J connectivity index is 1.86. The van der Waals surface area contributed by atoms with E-state index in [0.29, 0.717) is 46.1 Å². The van der Waals surface area contributed by atoms with Crippen molar-refractivity contribution in [1.82, 2.24) is 14.5 Å². The van der Waals surface area contributed by atoms with Crippen molar-refractivity contribution in [2.24, 2.45) is 17.8 Å². The molecule has 0 N–H and O–H groups in total. The number of carbonyl (C=O) groups excluding carboxylic acids is 1. The number of hydrogen-bond donors (Lipinski definition) is 0. The third-order valence-corrected chi connectivity index (χ3v) is 6.43. The molecule has 1 aliphatic heterocycles. The molecule has 0 saturated carbocycles. The molecule has 5 nitrogen and oxygen atoms in total. The Hall–Kier alpha value is -1.34. The Morgan fingerprint density at radius 3 is 2.61 bits per heavy atom. The van der Waals surface area contributed by atoms with Crippen molar-refractivity contribution in [3.8, 4) is 0 Å². The van der Waals surface area contributed by atoms with Gasteiger partial charge in [0, 0.05) is 24.1 Å². The molecule has 0 bridgehead atoms. The maximum absolute atomic E-state index is 13.1. The van der Waals surface area contributed by atoms with Crippen molar-refractivity contribution in [3.63, 3.8) is 0 Å². The van der Waals surface area contributed by atoms with E-state index in [-0.39, 0.29) is 11.5 Å². The largest absolute Gasteiger partial charge is 0.341 e. The maximum Gasteiger partial charge on any atom is 0.262 e. The number of likely N-dealkylation sites (tertiary alicyclic amines) is 1. The van der Waals surface area contributed by atoms with Crippen LogP contribution in [0.5, 0.6) is 0 Å². The number of halogens is 1. The van der Waals surface area contributed by atoms with Crippen molar-refractivity contribution in [3.05, 3.63) is 33.0 Å². The molecule has 1 fully saturated rings. The van der Waals surface area contributed by atoms with Gasteiger partial charge in [-0.05, 0) is 42.4 Å². The standard InChI is InChI=1S/C21H28BrN3O2S/c1-13(2)9-25-20(27)17-8-16(22)5-6-18(17)23-21(25)28-12-19(26)24-10-14(3)7-15(4)11-24/h5-6,8,13-15H,7,9-12H2,1-4H3. The van der Waals surface area contributed by atoms with Crippen LogP contribution < -0.4 is 5.56 Å². The molecule has 1 saturated heterocycles. The maximum atomic E-state index is 13.1. The molecule has 2 unspecified atom stereocenters. The zero-order valence-corrected chi connectivity index (χ0v) is 19.3. The van der Waals surface area contributed by atoms with Crippen LogP contribution in [-0.4, -0.2) is 39.2 Å². The van der Waals surface area contributed by atoms with E-state index in [0.717, 1.165) is 17.6 Å². The second kappa shape index (κ2) is 8.99. The summed E-state index contributed by atoms with van der Waals surface area (Å²) < 4.78 is 2.58. The van der Waals surface area contributed by atoms with Gasteiger partial charge in [-0.15, -0.1) is 0 Å². The minimum absolute atomic E-state index is 0.0461. The molecule has 2 heterocycles. The molecule has 0 aliphatic carbocycles. The molecule has 2 atom stereocenters. The molecule has 3 rings (SSSR count). The summed E-state index contributed by atoms with van der Waals surface area (Å²) in [6.45, 7) is 10.8. The first kappa shape index (κ1) is 21.4. The first-order chi connectivity index (χ1) is 13.2. The molecule has 1 amide bonds. The van der Waals surface area contributed by atoms with Crippen LogP contribution in [0.3, 0.4) is 0 Å². The lowest BCUT2D eigenvalue weighted by atomic mass is 9.92. The fourth-order valence-corrected chi connectivity index (χ4v) is 5.17. The van der Waals surface area contributed by atoms with E-state index in [4.69, 9.17) is 4.98 Å². The smallest absolute Gasteiger partial charge is 0.262 e. The summed E-state index contributed by atoms with van der Waals surface area (Å²) in [5.74, 6) is 1.82. The lowest BCUT2D eigenvalue weighted by Gasteiger charge is -2.35. The summed E-state index contributed by atoms with van der Waals surface area (Å²) in [4.78, 5) is 32.5. The molecular weight excluding hydrogens is 438 g/mol. The SMILES string of the molecule is CC(C)Cn1c(SCC(=O)N2CC(C)CC(C)C2)nc2ccc(Br)cc2c1=O. The van der Waals surface area contributed by atoms with E-state index in [1.807, 2.05) is 23.1 Å². The summed E-state index contributed by atoms with van der Waals surface area (Å²) in [6.07, 6.45) is 1.17. The minimum Gasteiger partial charge on any atom is -0.341 e. The van der Waals surface area contributed by atoms with Crippen molar-refractivity contribution >= 4 is 44.5 Å². The van der Waals surface area contributed by atoms with Crippen LogP contribution >= 0.6 is 27.7 Å². The van der Waals surface area contributed by atoms with Crippen LogP contribution in [0.25, 0.3) is 10.9 Å². The molecule has 152 valence electrons. The number of piperidine rings is 1. The quantitative estimate of drug-likeness (QED) is 0.484. The van der Waals surface area contributed by atoms with Crippen molar-refractivity contribution in [2.45, 2.75) is 45.8 Å². The highest BCUT2D eigenvalue weighted by Crippen LogP contribution is 2.24. The highest BCUT2D eigenvalue weighted by Gasteiger charge is 2.25. The lowest BCUT2D eigenvalue weighted by molar-refractivity contribution is -0.130. The monoisotopic (exact) mass is 465 g/mol. The van der Waals surface area contributed by atoms with Gasteiger partial charge in [-0.2, -0.15) is 0 Å². The predicted octanol–water partition coefficient (Wildman–Crippen LogP) is 4.41. The van der Waals surface area contributed by atoms with Gasteiger partial charge >= 0.3 is 0 Å². The van der Waals surface area contributed by atoms with Gasteiger partial charge < -0.3 is 4.90 Å². The van der Waals surface area contributed by atoms with Gasteiger partial charge in [-0.25, -0.2) is 4.98 Å².